The Bertz CT molecular complexity index is 617. The maximum absolute atomic E-state index is 12.9. The van der Waals surface area contributed by atoms with Crippen LogP contribution in [0, 0.1) is 11.7 Å². The van der Waals surface area contributed by atoms with E-state index in [1.807, 2.05) is 0 Å². The highest BCUT2D eigenvalue weighted by atomic mass is 35.5. The number of likely N-dealkylation sites (tertiary alicyclic amines) is 1. The third-order valence-corrected chi connectivity index (χ3v) is 4.21. The van der Waals surface area contributed by atoms with Crippen molar-refractivity contribution in [3.8, 4) is 11.4 Å². The van der Waals surface area contributed by atoms with Crippen LogP contribution in [0.25, 0.3) is 11.4 Å². The fourth-order valence-corrected chi connectivity index (χ4v) is 2.89. The zero-order chi connectivity index (χ0) is 15.5. The van der Waals surface area contributed by atoms with E-state index in [1.54, 1.807) is 12.1 Å². The van der Waals surface area contributed by atoms with Crippen LogP contribution in [0.1, 0.15) is 25.7 Å². The standard InChI is InChI=1S/C16H21FN4O.ClH/c1-11(18)13-3-2-8-21(9-13)10-15-19-16(20-22-15)12-4-6-14(17)7-5-12;/h4-7,11,13H,2-3,8-10,18H2,1H3;1H. The minimum Gasteiger partial charge on any atom is -0.338 e. The molecule has 1 saturated heterocycles. The van der Waals surface area contributed by atoms with Crippen LogP contribution in [0.15, 0.2) is 28.8 Å². The van der Waals surface area contributed by atoms with Gasteiger partial charge < -0.3 is 10.3 Å². The average molecular weight is 341 g/mol. The van der Waals surface area contributed by atoms with Gasteiger partial charge in [-0.3, -0.25) is 4.90 Å². The molecule has 0 amide bonds. The van der Waals surface area contributed by atoms with E-state index < -0.39 is 0 Å². The molecule has 1 aromatic heterocycles. The molecule has 1 aliphatic heterocycles. The summed E-state index contributed by atoms with van der Waals surface area (Å²) in [5.41, 5.74) is 6.76. The number of nitrogens with two attached hydrogens (primary N) is 1. The number of piperidine rings is 1. The predicted molar refractivity (Wildman–Crippen MR) is 88.6 cm³/mol. The molecule has 0 radical (unpaired) electrons. The number of rotatable bonds is 4. The van der Waals surface area contributed by atoms with Crippen molar-refractivity contribution in [2.45, 2.75) is 32.4 Å². The molecule has 126 valence electrons. The maximum atomic E-state index is 12.9. The summed E-state index contributed by atoms with van der Waals surface area (Å²) in [5, 5.41) is 3.98. The maximum Gasteiger partial charge on any atom is 0.241 e. The first-order valence-corrected chi connectivity index (χ1v) is 7.68. The number of halogens is 2. The normalized spacial score (nSPS) is 20.0. The largest absolute Gasteiger partial charge is 0.338 e. The number of hydrogen-bond acceptors (Lipinski definition) is 5. The molecule has 2 unspecified atom stereocenters. The van der Waals surface area contributed by atoms with E-state index in [2.05, 4.69) is 22.0 Å². The fraction of sp³-hybridized carbons (Fsp3) is 0.500. The Morgan fingerprint density at radius 3 is 2.83 bits per heavy atom. The lowest BCUT2D eigenvalue weighted by atomic mass is 9.92. The second kappa shape index (κ2) is 7.86. The van der Waals surface area contributed by atoms with Crippen LogP contribution in [0.3, 0.4) is 0 Å². The Morgan fingerprint density at radius 1 is 1.39 bits per heavy atom. The van der Waals surface area contributed by atoms with E-state index in [4.69, 9.17) is 10.3 Å². The van der Waals surface area contributed by atoms with Gasteiger partial charge in [-0.2, -0.15) is 4.98 Å². The molecule has 1 aliphatic rings. The van der Waals surface area contributed by atoms with Crippen molar-refractivity contribution < 1.29 is 8.91 Å². The van der Waals surface area contributed by atoms with Crippen LogP contribution in [-0.4, -0.2) is 34.2 Å². The number of hydrogen-bond donors (Lipinski definition) is 1. The van der Waals surface area contributed by atoms with Gasteiger partial charge in [-0.15, -0.1) is 12.4 Å². The number of aromatic nitrogens is 2. The Hall–Kier alpha value is -1.50. The quantitative estimate of drug-likeness (QED) is 0.926. The third-order valence-electron chi connectivity index (χ3n) is 4.21. The highest BCUT2D eigenvalue weighted by Crippen LogP contribution is 2.21. The highest BCUT2D eigenvalue weighted by Gasteiger charge is 2.24. The Kier molecular flexibility index (Phi) is 6.10. The molecule has 0 spiro atoms. The smallest absolute Gasteiger partial charge is 0.241 e. The van der Waals surface area contributed by atoms with E-state index in [0.29, 0.717) is 24.2 Å². The van der Waals surface area contributed by atoms with Gasteiger partial charge in [0.15, 0.2) is 0 Å². The van der Waals surface area contributed by atoms with E-state index in [1.165, 1.54) is 18.6 Å². The first-order chi connectivity index (χ1) is 10.6. The van der Waals surface area contributed by atoms with Crippen molar-refractivity contribution in [1.29, 1.82) is 0 Å². The summed E-state index contributed by atoms with van der Waals surface area (Å²) in [6.45, 7) is 4.69. The van der Waals surface area contributed by atoms with E-state index in [9.17, 15) is 4.39 Å². The second-order valence-electron chi connectivity index (χ2n) is 6.02. The molecule has 5 nitrogen and oxygen atoms in total. The van der Waals surface area contributed by atoms with E-state index >= 15 is 0 Å². The van der Waals surface area contributed by atoms with Crippen molar-refractivity contribution in [3.63, 3.8) is 0 Å². The lowest BCUT2D eigenvalue weighted by Gasteiger charge is -2.33. The second-order valence-corrected chi connectivity index (χ2v) is 6.02. The summed E-state index contributed by atoms with van der Waals surface area (Å²) >= 11 is 0. The molecule has 23 heavy (non-hydrogen) atoms. The Labute approximate surface area is 141 Å². The van der Waals surface area contributed by atoms with Crippen LogP contribution in [0.4, 0.5) is 4.39 Å². The van der Waals surface area contributed by atoms with Gasteiger partial charge in [-0.25, -0.2) is 4.39 Å². The minimum absolute atomic E-state index is 0. The summed E-state index contributed by atoms with van der Waals surface area (Å²) < 4.78 is 18.3. The van der Waals surface area contributed by atoms with Gasteiger partial charge in [-0.1, -0.05) is 5.16 Å². The molecule has 7 heteroatoms. The van der Waals surface area contributed by atoms with E-state index in [0.717, 1.165) is 25.1 Å². The van der Waals surface area contributed by atoms with Gasteiger partial charge in [0.05, 0.1) is 6.54 Å². The van der Waals surface area contributed by atoms with Gasteiger partial charge in [-0.05, 0) is 56.5 Å². The van der Waals surface area contributed by atoms with Crippen LogP contribution in [0.5, 0.6) is 0 Å². The van der Waals surface area contributed by atoms with Crippen molar-refractivity contribution in [3.05, 3.63) is 36.0 Å². The molecule has 0 aliphatic carbocycles. The zero-order valence-corrected chi connectivity index (χ0v) is 13.9. The van der Waals surface area contributed by atoms with E-state index in [-0.39, 0.29) is 24.3 Å². The lowest BCUT2D eigenvalue weighted by molar-refractivity contribution is 0.139. The molecule has 2 heterocycles. The van der Waals surface area contributed by atoms with Crippen molar-refractivity contribution in [1.82, 2.24) is 15.0 Å². The lowest BCUT2D eigenvalue weighted by Crippen LogP contribution is -2.41. The molecule has 2 N–H and O–H groups in total. The summed E-state index contributed by atoms with van der Waals surface area (Å²) in [4.78, 5) is 6.71. The molecule has 3 rings (SSSR count). The molecular weight excluding hydrogens is 319 g/mol. The Balaban J connectivity index is 0.00000192. The SMILES string of the molecule is CC(N)C1CCCN(Cc2nc(-c3ccc(F)cc3)no2)C1.Cl. The summed E-state index contributed by atoms with van der Waals surface area (Å²) in [6, 6.07) is 6.29. The third kappa shape index (κ3) is 4.50. The van der Waals surface area contributed by atoms with Crippen LogP contribution >= 0.6 is 12.4 Å². The first kappa shape index (κ1) is 17.8. The first-order valence-electron chi connectivity index (χ1n) is 7.68. The number of nitrogens with zero attached hydrogens (tertiary/aromatic N) is 3. The molecule has 1 fully saturated rings. The molecule has 2 atom stereocenters. The highest BCUT2D eigenvalue weighted by molar-refractivity contribution is 5.85. The monoisotopic (exact) mass is 340 g/mol. The van der Waals surface area contributed by atoms with Crippen molar-refractivity contribution in [2.75, 3.05) is 13.1 Å². The topological polar surface area (TPSA) is 68.2 Å². The zero-order valence-electron chi connectivity index (χ0n) is 13.1. The molecular formula is C16H22ClFN4O. The van der Waals surface area contributed by atoms with Gasteiger partial charge in [0.1, 0.15) is 5.82 Å². The van der Waals surface area contributed by atoms with Crippen molar-refractivity contribution in [2.24, 2.45) is 11.7 Å². The molecule has 0 saturated carbocycles. The van der Waals surface area contributed by atoms with Gasteiger partial charge >= 0.3 is 0 Å². The van der Waals surface area contributed by atoms with Crippen LogP contribution in [0.2, 0.25) is 0 Å². The summed E-state index contributed by atoms with van der Waals surface area (Å²) in [7, 11) is 0. The predicted octanol–water partition coefficient (Wildman–Crippen LogP) is 2.86. The van der Waals surface area contributed by atoms with Crippen LogP contribution in [-0.2, 0) is 6.54 Å². The molecule has 2 aromatic rings. The minimum atomic E-state index is -0.275. The van der Waals surface area contributed by atoms with Crippen molar-refractivity contribution >= 4 is 12.4 Å². The summed E-state index contributed by atoms with van der Waals surface area (Å²) in [6.07, 6.45) is 2.32. The average Bonchev–Trinajstić information content (AvgIpc) is 2.96. The van der Waals surface area contributed by atoms with Gasteiger partial charge in [0.2, 0.25) is 11.7 Å². The van der Waals surface area contributed by atoms with Gasteiger partial charge in [0, 0.05) is 18.2 Å². The molecule has 1 aromatic carbocycles. The molecule has 0 bridgehead atoms. The summed E-state index contributed by atoms with van der Waals surface area (Å²) in [5.74, 6) is 1.33. The van der Waals surface area contributed by atoms with Crippen LogP contribution < -0.4 is 5.73 Å². The number of benzene rings is 1. The Morgan fingerprint density at radius 2 is 2.13 bits per heavy atom. The van der Waals surface area contributed by atoms with Gasteiger partial charge in [0.25, 0.3) is 0 Å². The fourth-order valence-electron chi connectivity index (χ4n) is 2.89.